The largest absolute Gasteiger partial charge is 0.507 e. The Morgan fingerprint density at radius 1 is 1.10 bits per heavy atom. The number of aromatic nitrogens is 1. The molecule has 0 N–H and O–H groups in total. The van der Waals surface area contributed by atoms with Crippen LogP contribution in [0.3, 0.4) is 0 Å². The first kappa shape index (κ1) is 15.0. The van der Waals surface area contributed by atoms with Crippen LogP contribution in [0.2, 0.25) is 5.02 Å². The number of hydrogen-bond acceptors (Lipinski definition) is 4. The van der Waals surface area contributed by atoms with Crippen molar-refractivity contribution in [2.45, 2.75) is 38.9 Å². The van der Waals surface area contributed by atoms with Crippen molar-refractivity contribution in [3.05, 3.63) is 34.8 Å². The predicted molar refractivity (Wildman–Crippen MR) is 88.3 cm³/mol. The third kappa shape index (κ3) is 2.53. The van der Waals surface area contributed by atoms with Crippen molar-refractivity contribution in [1.82, 2.24) is 4.98 Å². The van der Waals surface area contributed by atoms with Gasteiger partial charge in [-0.15, -0.1) is 11.3 Å². The zero-order valence-electron chi connectivity index (χ0n) is 12.5. The summed E-state index contributed by atoms with van der Waals surface area (Å²) in [6.45, 7) is 8.18. The third-order valence-electron chi connectivity index (χ3n) is 4.19. The van der Waals surface area contributed by atoms with Crippen LogP contribution in [-0.2, 0) is 9.31 Å². The zero-order valence-corrected chi connectivity index (χ0v) is 14.1. The molecule has 1 aromatic carbocycles. The second-order valence-electron chi connectivity index (χ2n) is 6.13. The van der Waals surface area contributed by atoms with Crippen molar-refractivity contribution in [2.24, 2.45) is 0 Å². The van der Waals surface area contributed by atoms with E-state index in [1.54, 1.807) is 5.51 Å². The minimum absolute atomic E-state index is 0.362. The molecular formula is C15H17BClNO2S. The van der Waals surface area contributed by atoms with Crippen LogP contribution in [-0.4, -0.2) is 23.3 Å². The van der Waals surface area contributed by atoms with Crippen molar-refractivity contribution >= 4 is 34.8 Å². The van der Waals surface area contributed by atoms with Gasteiger partial charge in [-0.1, -0.05) is 29.8 Å². The minimum Gasteiger partial charge on any atom is -0.399 e. The van der Waals surface area contributed by atoms with Crippen LogP contribution in [0, 0.1) is 0 Å². The summed E-state index contributed by atoms with van der Waals surface area (Å²) < 4.78 is 13.2. The Morgan fingerprint density at radius 2 is 1.71 bits per heavy atom. The second-order valence-corrected chi connectivity index (χ2v) is 7.43. The standard InChI is InChI=1S/C15H17BClNO2S/c1-14(2)15(3,4)20-16(19-14)13-12(18-9-21-13)10-7-5-6-8-11(10)17/h5-9H,1-4H3. The van der Waals surface area contributed by atoms with Gasteiger partial charge in [0.05, 0.1) is 27.2 Å². The smallest absolute Gasteiger partial charge is 0.399 e. The average Bonchev–Trinajstić information content (AvgIpc) is 2.93. The Balaban J connectivity index is 2.00. The molecule has 2 heterocycles. The molecule has 0 bridgehead atoms. The molecule has 0 atom stereocenters. The van der Waals surface area contributed by atoms with Gasteiger partial charge in [-0.3, -0.25) is 0 Å². The Morgan fingerprint density at radius 3 is 2.33 bits per heavy atom. The lowest BCUT2D eigenvalue weighted by atomic mass is 9.84. The van der Waals surface area contributed by atoms with Crippen LogP contribution in [0.25, 0.3) is 11.3 Å². The highest BCUT2D eigenvalue weighted by molar-refractivity contribution is 7.21. The highest BCUT2D eigenvalue weighted by Gasteiger charge is 2.53. The fourth-order valence-corrected chi connectivity index (χ4v) is 3.21. The highest BCUT2D eigenvalue weighted by Crippen LogP contribution is 2.38. The molecule has 3 nitrogen and oxygen atoms in total. The van der Waals surface area contributed by atoms with Gasteiger partial charge in [0.25, 0.3) is 0 Å². The van der Waals surface area contributed by atoms with Gasteiger partial charge in [0, 0.05) is 10.6 Å². The molecule has 21 heavy (non-hydrogen) atoms. The lowest BCUT2D eigenvalue weighted by Crippen LogP contribution is -2.41. The summed E-state index contributed by atoms with van der Waals surface area (Å²) >= 11 is 7.82. The Kier molecular flexibility index (Phi) is 3.65. The van der Waals surface area contributed by atoms with Crippen LogP contribution in [0.4, 0.5) is 0 Å². The van der Waals surface area contributed by atoms with Gasteiger partial charge < -0.3 is 9.31 Å². The lowest BCUT2D eigenvalue weighted by Gasteiger charge is -2.32. The first-order chi connectivity index (χ1) is 9.82. The average molecular weight is 322 g/mol. The van der Waals surface area contributed by atoms with E-state index < -0.39 is 7.12 Å². The SMILES string of the molecule is CC1(C)OB(c2scnc2-c2ccccc2Cl)OC1(C)C. The first-order valence-corrected chi connectivity index (χ1v) is 8.11. The molecule has 1 saturated heterocycles. The van der Waals surface area contributed by atoms with E-state index in [-0.39, 0.29) is 11.2 Å². The highest BCUT2D eigenvalue weighted by atomic mass is 35.5. The molecular weight excluding hydrogens is 305 g/mol. The van der Waals surface area contributed by atoms with Crippen LogP contribution >= 0.6 is 22.9 Å². The molecule has 1 aliphatic rings. The fourth-order valence-electron chi connectivity index (χ4n) is 2.23. The van der Waals surface area contributed by atoms with E-state index in [2.05, 4.69) is 4.98 Å². The summed E-state index contributed by atoms with van der Waals surface area (Å²) in [5.74, 6) is 0. The number of hydrogen-bond donors (Lipinski definition) is 0. The lowest BCUT2D eigenvalue weighted by molar-refractivity contribution is 0.00578. The molecule has 0 saturated carbocycles. The summed E-state index contributed by atoms with van der Waals surface area (Å²) in [5, 5.41) is 0.682. The molecule has 1 fully saturated rings. The quantitative estimate of drug-likeness (QED) is 0.789. The Hall–Kier alpha value is -0.875. The summed E-state index contributed by atoms with van der Waals surface area (Å²) in [6, 6.07) is 7.69. The third-order valence-corrected chi connectivity index (χ3v) is 5.37. The molecule has 6 heteroatoms. The molecule has 0 aliphatic carbocycles. The van der Waals surface area contributed by atoms with E-state index in [9.17, 15) is 0 Å². The van der Waals surface area contributed by atoms with Gasteiger partial charge in [-0.2, -0.15) is 0 Å². The van der Waals surface area contributed by atoms with Crippen molar-refractivity contribution < 1.29 is 9.31 Å². The molecule has 1 aromatic heterocycles. The Bertz CT molecular complexity index is 655. The van der Waals surface area contributed by atoms with Crippen molar-refractivity contribution in [3.63, 3.8) is 0 Å². The number of nitrogens with zero attached hydrogens (tertiary/aromatic N) is 1. The maximum Gasteiger partial charge on any atom is 0.507 e. The van der Waals surface area contributed by atoms with Gasteiger partial charge in [0.15, 0.2) is 0 Å². The first-order valence-electron chi connectivity index (χ1n) is 6.86. The van der Waals surface area contributed by atoms with Gasteiger partial charge >= 0.3 is 7.12 Å². The molecule has 3 rings (SSSR count). The monoisotopic (exact) mass is 321 g/mol. The Labute approximate surface area is 134 Å². The van der Waals surface area contributed by atoms with E-state index in [0.29, 0.717) is 5.02 Å². The summed E-state index contributed by atoms with van der Waals surface area (Å²) in [5.41, 5.74) is 2.83. The van der Waals surface area contributed by atoms with Crippen LogP contribution in [0.1, 0.15) is 27.7 Å². The summed E-state index contributed by atoms with van der Waals surface area (Å²) in [6.07, 6.45) is 0. The topological polar surface area (TPSA) is 31.4 Å². The molecule has 0 radical (unpaired) electrons. The maximum atomic E-state index is 6.29. The number of rotatable bonds is 2. The molecule has 0 amide bonds. The normalized spacial score (nSPS) is 20.0. The van der Waals surface area contributed by atoms with E-state index >= 15 is 0 Å². The zero-order chi connectivity index (χ0) is 15.3. The minimum atomic E-state index is -0.409. The molecule has 110 valence electrons. The molecule has 2 aromatic rings. The van der Waals surface area contributed by atoms with Crippen molar-refractivity contribution in [2.75, 3.05) is 0 Å². The van der Waals surface area contributed by atoms with Crippen molar-refractivity contribution in [3.8, 4) is 11.3 Å². The van der Waals surface area contributed by atoms with Gasteiger partial charge in [0.2, 0.25) is 0 Å². The van der Waals surface area contributed by atoms with Crippen LogP contribution in [0.15, 0.2) is 29.8 Å². The van der Waals surface area contributed by atoms with Gasteiger partial charge in [-0.05, 0) is 33.8 Å². The van der Waals surface area contributed by atoms with Crippen molar-refractivity contribution in [1.29, 1.82) is 0 Å². The number of thiazole rings is 1. The maximum absolute atomic E-state index is 6.29. The summed E-state index contributed by atoms with van der Waals surface area (Å²) in [7, 11) is -0.409. The van der Waals surface area contributed by atoms with Gasteiger partial charge in [-0.25, -0.2) is 4.98 Å². The summed E-state index contributed by atoms with van der Waals surface area (Å²) in [4.78, 5) is 4.46. The fraction of sp³-hybridized carbons (Fsp3) is 0.400. The van der Waals surface area contributed by atoms with E-state index in [1.807, 2.05) is 52.0 Å². The second kappa shape index (κ2) is 5.09. The molecule has 0 unspecified atom stereocenters. The number of halogens is 1. The van der Waals surface area contributed by atoms with Crippen LogP contribution in [0.5, 0.6) is 0 Å². The van der Waals surface area contributed by atoms with Gasteiger partial charge in [0.1, 0.15) is 0 Å². The molecule has 1 aliphatic heterocycles. The van der Waals surface area contributed by atoms with Crippen LogP contribution < -0.4 is 4.78 Å². The number of benzene rings is 1. The van der Waals surface area contributed by atoms with E-state index in [4.69, 9.17) is 20.9 Å². The predicted octanol–water partition coefficient (Wildman–Crippen LogP) is 3.76. The molecule has 0 spiro atoms. The van der Waals surface area contributed by atoms with E-state index in [1.165, 1.54) is 11.3 Å². The van der Waals surface area contributed by atoms with E-state index in [0.717, 1.165) is 16.0 Å².